The smallest absolute Gasteiger partial charge is 0.253 e. The molecule has 1 heterocycles. The Labute approximate surface area is 181 Å². The fraction of sp³-hybridized carbons (Fsp3) is 0.391. The van der Waals surface area contributed by atoms with E-state index in [9.17, 15) is 9.59 Å². The maximum Gasteiger partial charge on any atom is 0.253 e. The lowest BCUT2D eigenvalue weighted by Gasteiger charge is -2.21. The molecule has 1 aliphatic carbocycles. The van der Waals surface area contributed by atoms with Gasteiger partial charge in [0.2, 0.25) is 5.91 Å². The second-order valence-corrected chi connectivity index (χ2v) is 8.26. The first-order chi connectivity index (χ1) is 14.5. The summed E-state index contributed by atoms with van der Waals surface area (Å²) in [6.07, 6.45) is 2.03. The summed E-state index contributed by atoms with van der Waals surface area (Å²) in [5.41, 5.74) is 1.42. The van der Waals surface area contributed by atoms with Gasteiger partial charge in [-0.2, -0.15) is 0 Å². The van der Waals surface area contributed by atoms with Gasteiger partial charge in [-0.1, -0.05) is 23.7 Å². The molecular formula is C23H25ClN2O4. The third-order valence-corrected chi connectivity index (χ3v) is 6.01. The largest absolute Gasteiger partial charge is 0.497 e. The molecule has 2 aliphatic rings. The fourth-order valence-corrected chi connectivity index (χ4v) is 4.21. The van der Waals surface area contributed by atoms with E-state index in [-0.39, 0.29) is 29.7 Å². The van der Waals surface area contributed by atoms with Gasteiger partial charge in [-0.05, 0) is 37.1 Å². The van der Waals surface area contributed by atoms with Crippen LogP contribution in [0.3, 0.4) is 0 Å². The van der Waals surface area contributed by atoms with E-state index >= 15 is 0 Å². The molecule has 1 aliphatic heterocycles. The van der Waals surface area contributed by atoms with Gasteiger partial charge in [0.05, 0.1) is 20.1 Å². The Morgan fingerprint density at radius 1 is 1.07 bits per heavy atom. The van der Waals surface area contributed by atoms with Crippen LogP contribution < -0.4 is 14.8 Å². The van der Waals surface area contributed by atoms with Crippen LogP contribution in [0.4, 0.5) is 0 Å². The summed E-state index contributed by atoms with van der Waals surface area (Å²) >= 11 is 6.07. The predicted molar refractivity (Wildman–Crippen MR) is 114 cm³/mol. The van der Waals surface area contributed by atoms with Gasteiger partial charge in [-0.15, -0.1) is 0 Å². The number of nitrogens with one attached hydrogen (secondary N) is 1. The average Bonchev–Trinajstić information content (AvgIpc) is 3.46. The summed E-state index contributed by atoms with van der Waals surface area (Å²) < 4.78 is 10.9. The summed E-state index contributed by atoms with van der Waals surface area (Å²) in [5.74, 6) is 0.669. The predicted octanol–water partition coefficient (Wildman–Crippen LogP) is 3.49. The zero-order valence-corrected chi connectivity index (χ0v) is 17.8. The van der Waals surface area contributed by atoms with E-state index in [1.165, 1.54) is 0 Å². The Morgan fingerprint density at radius 3 is 2.53 bits per heavy atom. The van der Waals surface area contributed by atoms with Crippen LogP contribution >= 0.6 is 11.6 Å². The highest BCUT2D eigenvalue weighted by molar-refractivity contribution is 6.30. The van der Waals surface area contributed by atoms with Crippen LogP contribution in [-0.4, -0.2) is 50.1 Å². The molecule has 0 radical (unpaired) electrons. The van der Waals surface area contributed by atoms with Crippen molar-refractivity contribution >= 4 is 23.4 Å². The molecule has 2 aromatic rings. The van der Waals surface area contributed by atoms with Crippen molar-refractivity contribution in [2.45, 2.75) is 24.8 Å². The fourth-order valence-electron chi connectivity index (χ4n) is 4.02. The molecule has 1 N–H and O–H groups in total. The van der Waals surface area contributed by atoms with Gasteiger partial charge in [0.15, 0.2) is 0 Å². The quantitative estimate of drug-likeness (QED) is 0.764. The highest BCUT2D eigenvalue weighted by Crippen LogP contribution is 2.40. The van der Waals surface area contributed by atoms with Gasteiger partial charge in [-0.3, -0.25) is 9.59 Å². The lowest BCUT2D eigenvalue weighted by Crippen LogP contribution is -2.36. The van der Waals surface area contributed by atoms with Crippen LogP contribution in [0.25, 0.3) is 0 Å². The van der Waals surface area contributed by atoms with Crippen LogP contribution in [0.5, 0.6) is 11.5 Å². The first kappa shape index (κ1) is 20.5. The van der Waals surface area contributed by atoms with E-state index in [1.807, 2.05) is 18.2 Å². The van der Waals surface area contributed by atoms with Crippen molar-refractivity contribution in [1.82, 2.24) is 10.2 Å². The van der Waals surface area contributed by atoms with Crippen molar-refractivity contribution in [3.8, 4) is 11.5 Å². The normalized spacial score (nSPS) is 20.7. The maximum absolute atomic E-state index is 13.1. The van der Waals surface area contributed by atoms with Gasteiger partial charge in [0, 0.05) is 47.3 Å². The van der Waals surface area contributed by atoms with E-state index in [2.05, 4.69) is 5.32 Å². The van der Waals surface area contributed by atoms with Gasteiger partial charge < -0.3 is 19.7 Å². The lowest BCUT2D eigenvalue weighted by atomic mass is 9.87. The molecule has 158 valence electrons. The summed E-state index contributed by atoms with van der Waals surface area (Å²) in [6, 6.07) is 12.7. The number of ether oxygens (including phenoxy) is 2. The monoisotopic (exact) mass is 428 g/mol. The molecule has 4 rings (SSSR count). The summed E-state index contributed by atoms with van der Waals surface area (Å²) in [4.78, 5) is 27.9. The topological polar surface area (TPSA) is 67.9 Å². The average molecular weight is 429 g/mol. The number of rotatable bonds is 6. The summed E-state index contributed by atoms with van der Waals surface area (Å²) in [7, 11) is 3.20. The number of likely N-dealkylation sites (tertiary alicyclic amines) is 1. The van der Waals surface area contributed by atoms with Crippen molar-refractivity contribution in [1.29, 1.82) is 0 Å². The minimum absolute atomic E-state index is 0.0123. The first-order valence-corrected chi connectivity index (χ1v) is 10.4. The van der Waals surface area contributed by atoms with Gasteiger partial charge in [0.1, 0.15) is 11.5 Å². The number of carbonyl (C=O) groups excluding carboxylic acids is 2. The van der Waals surface area contributed by atoms with Gasteiger partial charge >= 0.3 is 0 Å². The van der Waals surface area contributed by atoms with E-state index in [0.29, 0.717) is 35.2 Å². The molecule has 7 heteroatoms. The molecular weight excluding hydrogens is 404 g/mol. The number of methoxy groups -OCH3 is 2. The Balaban J connectivity index is 1.64. The molecule has 1 saturated carbocycles. The second kappa shape index (κ2) is 8.56. The lowest BCUT2D eigenvalue weighted by molar-refractivity contribution is -0.125. The molecule has 2 unspecified atom stereocenters. The van der Waals surface area contributed by atoms with Crippen molar-refractivity contribution < 1.29 is 19.1 Å². The van der Waals surface area contributed by atoms with Gasteiger partial charge in [-0.25, -0.2) is 0 Å². The molecule has 2 aromatic carbocycles. The highest BCUT2D eigenvalue weighted by Gasteiger charge is 2.43. The number of hydrogen-bond acceptors (Lipinski definition) is 4. The number of amides is 2. The van der Waals surface area contributed by atoms with E-state index in [0.717, 1.165) is 18.4 Å². The van der Waals surface area contributed by atoms with Crippen molar-refractivity contribution in [3.05, 3.63) is 58.6 Å². The summed E-state index contributed by atoms with van der Waals surface area (Å²) in [6.45, 7) is 0.778. The molecule has 2 fully saturated rings. The number of halogens is 1. The van der Waals surface area contributed by atoms with Crippen LogP contribution in [0.1, 0.15) is 34.7 Å². The van der Waals surface area contributed by atoms with Crippen LogP contribution in [0.2, 0.25) is 5.02 Å². The molecule has 0 spiro atoms. The third-order valence-electron chi connectivity index (χ3n) is 5.78. The Bertz CT molecular complexity index is 960. The Kier molecular flexibility index (Phi) is 5.86. The molecule has 30 heavy (non-hydrogen) atoms. The number of carbonyl (C=O) groups is 2. The standard InChI is InChI=1S/C23H25ClN2O4/c1-29-17-8-9-18(21(11-17)30-2)19-12-26(13-20(19)22(27)25-16-6-7-16)23(28)14-4-3-5-15(24)10-14/h3-5,8-11,16,19-20H,6-7,12-13H2,1-2H3,(H,25,27). The third kappa shape index (κ3) is 4.24. The van der Waals surface area contributed by atoms with Gasteiger partial charge in [0.25, 0.3) is 5.91 Å². The Hall–Kier alpha value is -2.73. The summed E-state index contributed by atoms with van der Waals surface area (Å²) in [5, 5.41) is 3.61. The molecule has 2 amide bonds. The maximum atomic E-state index is 13.1. The number of benzene rings is 2. The van der Waals surface area contributed by atoms with E-state index < -0.39 is 0 Å². The zero-order chi connectivity index (χ0) is 21.3. The first-order valence-electron chi connectivity index (χ1n) is 10.1. The molecule has 6 nitrogen and oxygen atoms in total. The van der Waals surface area contributed by atoms with Crippen molar-refractivity contribution in [2.75, 3.05) is 27.3 Å². The molecule has 1 saturated heterocycles. The number of nitrogens with zero attached hydrogens (tertiary/aromatic N) is 1. The molecule has 0 bridgehead atoms. The SMILES string of the molecule is COc1ccc(C2CN(C(=O)c3cccc(Cl)c3)CC2C(=O)NC2CC2)c(OC)c1. The van der Waals surface area contributed by atoms with E-state index in [1.54, 1.807) is 43.4 Å². The Morgan fingerprint density at radius 2 is 1.87 bits per heavy atom. The highest BCUT2D eigenvalue weighted by atomic mass is 35.5. The van der Waals surface area contributed by atoms with E-state index in [4.69, 9.17) is 21.1 Å². The van der Waals surface area contributed by atoms with Crippen LogP contribution in [-0.2, 0) is 4.79 Å². The van der Waals surface area contributed by atoms with Crippen molar-refractivity contribution in [2.24, 2.45) is 5.92 Å². The molecule has 2 atom stereocenters. The zero-order valence-electron chi connectivity index (χ0n) is 17.1. The minimum atomic E-state index is -0.351. The minimum Gasteiger partial charge on any atom is -0.497 e. The van der Waals surface area contributed by atoms with Crippen molar-refractivity contribution in [3.63, 3.8) is 0 Å². The second-order valence-electron chi connectivity index (χ2n) is 7.82. The van der Waals surface area contributed by atoms with Crippen LogP contribution in [0, 0.1) is 5.92 Å². The molecule has 0 aromatic heterocycles. The number of hydrogen-bond donors (Lipinski definition) is 1. The van der Waals surface area contributed by atoms with Crippen LogP contribution in [0.15, 0.2) is 42.5 Å².